The SMILES string of the molecule is COc1cc([C@H]2CCCCN2)co1. The van der Waals surface area contributed by atoms with Gasteiger partial charge in [-0.15, -0.1) is 0 Å². The second kappa shape index (κ2) is 3.83. The van der Waals surface area contributed by atoms with Crippen molar-refractivity contribution in [3.63, 3.8) is 0 Å². The molecule has 1 aromatic heterocycles. The van der Waals surface area contributed by atoms with E-state index >= 15 is 0 Å². The maximum Gasteiger partial charge on any atom is 0.284 e. The number of hydrogen-bond acceptors (Lipinski definition) is 3. The normalized spacial score (nSPS) is 23.0. The Hall–Kier alpha value is -0.960. The summed E-state index contributed by atoms with van der Waals surface area (Å²) in [7, 11) is 1.62. The first-order valence-electron chi connectivity index (χ1n) is 4.76. The molecule has 1 N–H and O–H groups in total. The van der Waals surface area contributed by atoms with Gasteiger partial charge in [0.1, 0.15) is 0 Å². The molecule has 1 aromatic rings. The van der Waals surface area contributed by atoms with Gasteiger partial charge in [-0.3, -0.25) is 0 Å². The second-order valence-electron chi connectivity index (χ2n) is 3.41. The van der Waals surface area contributed by atoms with Gasteiger partial charge in [0.05, 0.1) is 13.4 Å². The molecule has 0 radical (unpaired) electrons. The fourth-order valence-corrected chi connectivity index (χ4v) is 1.76. The van der Waals surface area contributed by atoms with Gasteiger partial charge < -0.3 is 14.5 Å². The maximum atomic E-state index is 5.20. The van der Waals surface area contributed by atoms with Crippen molar-refractivity contribution in [2.75, 3.05) is 13.7 Å². The third kappa shape index (κ3) is 1.86. The molecular formula is C10H15NO2. The van der Waals surface area contributed by atoms with Crippen LogP contribution in [0.1, 0.15) is 30.9 Å². The highest BCUT2D eigenvalue weighted by Crippen LogP contribution is 2.26. The monoisotopic (exact) mass is 181 g/mol. The summed E-state index contributed by atoms with van der Waals surface area (Å²) in [6.07, 6.45) is 5.56. The molecule has 1 fully saturated rings. The van der Waals surface area contributed by atoms with Crippen molar-refractivity contribution in [1.29, 1.82) is 0 Å². The Labute approximate surface area is 78.1 Å². The molecule has 0 aromatic carbocycles. The van der Waals surface area contributed by atoms with Gasteiger partial charge in [-0.2, -0.15) is 0 Å². The van der Waals surface area contributed by atoms with E-state index in [9.17, 15) is 0 Å². The zero-order chi connectivity index (χ0) is 9.10. The van der Waals surface area contributed by atoms with Crippen molar-refractivity contribution in [3.8, 4) is 5.95 Å². The van der Waals surface area contributed by atoms with Crippen molar-refractivity contribution in [2.24, 2.45) is 0 Å². The van der Waals surface area contributed by atoms with Crippen molar-refractivity contribution in [2.45, 2.75) is 25.3 Å². The first kappa shape index (κ1) is 8.63. The predicted molar refractivity (Wildman–Crippen MR) is 49.9 cm³/mol. The lowest BCUT2D eigenvalue weighted by molar-refractivity contribution is 0.304. The summed E-state index contributed by atoms with van der Waals surface area (Å²) in [5, 5.41) is 3.46. The summed E-state index contributed by atoms with van der Waals surface area (Å²) in [6.45, 7) is 1.11. The number of hydrogen-bond donors (Lipinski definition) is 1. The Bertz CT molecular complexity index is 264. The molecule has 0 amide bonds. The van der Waals surface area contributed by atoms with Crippen LogP contribution in [0.25, 0.3) is 0 Å². The second-order valence-corrected chi connectivity index (χ2v) is 3.41. The smallest absolute Gasteiger partial charge is 0.284 e. The predicted octanol–water partition coefficient (Wildman–Crippen LogP) is 2.10. The van der Waals surface area contributed by atoms with Crippen LogP contribution >= 0.6 is 0 Å². The van der Waals surface area contributed by atoms with E-state index in [1.807, 2.05) is 6.07 Å². The van der Waals surface area contributed by atoms with Crippen LogP contribution in [-0.4, -0.2) is 13.7 Å². The quantitative estimate of drug-likeness (QED) is 0.758. The van der Waals surface area contributed by atoms with Gasteiger partial charge in [0, 0.05) is 17.7 Å². The number of nitrogens with one attached hydrogen (secondary N) is 1. The molecule has 3 heteroatoms. The van der Waals surface area contributed by atoms with Gasteiger partial charge in [-0.05, 0) is 19.4 Å². The van der Waals surface area contributed by atoms with E-state index in [1.54, 1.807) is 13.4 Å². The number of piperidine rings is 1. The highest BCUT2D eigenvalue weighted by molar-refractivity contribution is 5.20. The van der Waals surface area contributed by atoms with Gasteiger partial charge in [0.25, 0.3) is 5.95 Å². The molecule has 1 aliphatic rings. The van der Waals surface area contributed by atoms with Gasteiger partial charge in [-0.1, -0.05) is 6.42 Å². The molecule has 1 saturated heterocycles. The highest BCUT2D eigenvalue weighted by atomic mass is 16.6. The van der Waals surface area contributed by atoms with Crippen molar-refractivity contribution in [1.82, 2.24) is 5.32 Å². The Balaban J connectivity index is 2.05. The summed E-state index contributed by atoms with van der Waals surface area (Å²) in [5.41, 5.74) is 1.21. The average Bonchev–Trinajstić information content (AvgIpc) is 2.67. The average molecular weight is 181 g/mol. The Morgan fingerprint density at radius 1 is 1.54 bits per heavy atom. The van der Waals surface area contributed by atoms with E-state index in [0.717, 1.165) is 6.54 Å². The van der Waals surface area contributed by atoms with Crippen LogP contribution in [-0.2, 0) is 0 Å². The van der Waals surface area contributed by atoms with E-state index in [-0.39, 0.29) is 0 Å². The minimum atomic E-state index is 0.460. The lowest BCUT2D eigenvalue weighted by Gasteiger charge is -2.21. The third-order valence-corrected chi connectivity index (χ3v) is 2.51. The summed E-state index contributed by atoms with van der Waals surface area (Å²) in [5.74, 6) is 0.599. The lowest BCUT2D eigenvalue weighted by atomic mass is 10.0. The summed E-state index contributed by atoms with van der Waals surface area (Å²) < 4.78 is 10.2. The first-order valence-corrected chi connectivity index (χ1v) is 4.76. The molecule has 0 unspecified atom stereocenters. The topological polar surface area (TPSA) is 34.4 Å². The van der Waals surface area contributed by atoms with E-state index < -0.39 is 0 Å². The maximum absolute atomic E-state index is 5.20. The minimum absolute atomic E-state index is 0.460. The van der Waals surface area contributed by atoms with Crippen LogP contribution in [0.5, 0.6) is 5.95 Å². The number of methoxy groups -OCH3 is 1. The van der Waals surface area contributed by atoms with Crippen LogP contribution in [0, 0.1) is 0 Å². The molecule has 0 spiro atoms. The van der Waals surface area contributed by atoms with Gasteiger partial charge in [0.15, 0.2) is 0 Å². The van der Waals surface area contributed by atoms with Crippen LogP contribution in [0.4, 0.5) is 0 Å². The molecule has 13 heavy (non-hydrogen) atoms. The standard InChI is InChI=1S/C10H15NO2/c1-12-10-6-8(7-13-10)9-4-2-3-5-11-9/h6-7,9,11H,2-5H2,1H3/t9-/m1/s1. The van der Waals surface area contributed by atoms with Crippen LogP contribution in [0.3, 0.4) is 0 Å². The molecule has 72 valence electrons. The number of ether oxygens (including phenoxy) is 1. The van der Waals surface area contributed by atoms with E-state index in [4.69, 9.17) is 9.15 Å². The Morgan fingerprint density at radius 2 is 2.46 bits per heavy atom. The molecule has 1 atom stereocenters. The minimum Gasteiger partial charge on any atom is -0.468 e. The molecule has 0 saturated carbocycles. The molecule has 2 rings (SSSR count). The fraction of sp³-hybridized carbons (Fsp3) is 0.600. The van der Waals surface area contributed by atoms with Gasteiger partial charge in [-0.25, -0.2) is 0 Å². The van der Waals surface area contributed by atoms with Crippen molar-refractivity contribution in [3.05, 3.63) is 17.9 Å². The zero-order valence-corrected chi connectivity index (χ0v) is 7.88. The Kier molecular flexibility index (Phi) is 2.54. The fourth-order valence-electron chi connectivity index (χ4n) is 1.76. The molecule has 0 bridgehead atoms. The molecule has 3 nitrogen and oxygen atoms in total. The highest BCUT2D eigenvalue weighted by Gasteiger charge is 2.16. The van der Waals surface area contributed by atoms with Crippen LogP contribution < -0.4 is 10.1 Å². The molecule has 0 aliphatic carbocycles. The molecular weight excluding hydrogens is 166 g/mol. The summed E-state index contributed by atoms with van der Waals surface area (Å²) >= 11 is 0. The lowest BCUT2D eigenvalue weighted by Crippen LogP contribution is -2.26. The molecule has 1 aliphatic heterocycles. The summed E-state index contributed by atoms with van der Waals surface area (Å²) in [4.78, 5) is 0. The first-order chi connectivity index (χ1) is 6.40. The molecule has 2 heterocycles. The van der Waals surface area contributed by atoms with E-state index in [0.29, 0.717) is 12.0 Å². The third-order valence-electron chi connectivity index (χ3n) is 2.51. The number of furan rings is 1. The van der Waals surface area contributed by atoms with Crippen molar-refractivity contribution >= 4 is 0 Å². The van der Waals surface area contributed by atoms with Gasteiger partial charge >= 0.3 is 0 Å². The zero-order valence-electron chi connectivity index (χ0n) is 7.88. The largest absolute Gasteiger partial charge is 0.468 e. The van der Waals surface area contributed by atoms with E-state index in [2.05, 4.69) is 5.32 Å². The summed E-state index contributed by atoms with van der Waals surface area (Å²) in [6, 6.07) is 2.42. The van der Waals surface area contributed by atoms with Crippen LogP contribution in [0.2, 0.25) is 0 Å². The van der Waals surface area contributed by atoms with E-state index in [1.165, 1.54) is 24.8 Å². The number of rotatable bonds is 2. The van der Waals surface area contributed by atoms with Crippen LogP contribution in [0.15, 0.2) is 16.7 Å². The van der Waals surface area contributed by atoms with Gasteiger partial charge in [0.2, 0.25) is 0 Å². The Morgan fingerprint density at radius 3 is 3.08 bits per heavy atom. The van der Waals surface area contributed by atoms with Crippen molar-refractivity contribution < 1.29 is 9.15 Å².